The summed E-state index contributed by atoms with van der Waals surface area (Å²) in [5, 5.41) is 15.1. The standard InChI is InChI=1S/C29H31ClN2O2/c30-23-15-17-24(18-16-23)32-28(26-8-4-5-9-27(26)31-32)25(21-6-2-1-3-7-21)19-12-20-10-13-22(14-11-20)29(33)34/h10-19,21,25H,1-9H2,(H,33,34)/b19-12+. The average Bonchev–Trinajstić information content (AvgIpc) is 3.25. The molecule has 1 atom stereocenters. The third kappa shape index (κ3) is 4.83. The topological polar surface area (TPSA) is 55.1 Å². The van der Waals surface area contributed by atoms with Gasteiger partial charge >= 0.3 is 5.97 Å². The van der Waals surface area contributed by atoms with E-state index in [9.17, 15) is 9.90 Å². The van der Waals surface area contributed by atoms with Gasteiger partial charge in [0.05, 0.1) is 22.6 Å². The summed E-state index contributed by atoms with van der Waals surface area (Å²) in [5.74, 6) is -0.0457. The van der Waals surface area contributed by atoms with Crippen molar-refractivity contribution in [2.75, 3.05) is 0 Å². The first kappa shape index (κ1) is 22.9. The molecule has 2 aliphatic rings. The van der Waals surface area contributed by atoms with Crippen molar-refractivity contribution in [2.45, 2.75) is 63.7 Å². The SMILES string of the molecule is O=C(O)c1ccc(/C=C/C(c2c3c(nn2-c2ccc(Cl)cc2)CCCC3)C2CCCCC2)cc1. The third-order valence-electron chi connectivity index (χ3n) is 7.40. The molecule has 5 heteroatoms. The zero-order valence-electron chi connectivity index (χ0n) is 19.4. The van der Waals surface area contributed by atoms with Gasteiger partial charge in [0.25, 0.3) is 0 Å². The van der Waals surface area contributed by atoms with Crippen LogP contribution in [-0.4, -0.2) is 20.9 Å². The highest BCUT2D eigenvalue weighted by Crippen LogP contribution is 2.41. The molecule has 1 fully saturated rings. The number of carbonyl (C=O) groups is 1. The van der Waals surface area contributed by atoms with Gasteiger partial charge < -0.3 is 5.11 Å². The molecule has 0 saturated heterocycles. The lowest BCUT2D eigenvalue weighted by Crippen LogP contribution is -2.19. The number of fused-ring (bicyclic) bond motifs is 1. The molecule has 0 aliphatic heterocycles. The Morgan fingerprint density at radius 3 is 2.38 bits per heavy atom. The molecule has 1 heterocycles. The number of aromatic nitrogens is 2. The van der Waals surface area contributed by atoms with Crippen molar-refractivity contribution in [3.05, 3.63) is 87.7 Å². The van der Waals surface area contributed by atoms with Crippen LogP contribution in [0.4, 0.5) is 0 Å². The first-order chi connectivity index (χ1) is 16.6. The number of halogens is 1. The van der Waals surface area contributed by atoms with E-state index in [2.05, 4.69) is 29.0 Å². The summed E-state index contributed by atoms with van der Waals surface area (Å²) >= 11 is 6.19. The molecule has 1 saturated carbocycles. The van der Waals surface area contributed by atoms with E-state index >= 15 is 0 Å². The minimum Gasteiger partial charge on any atom is -0.478 e. The maximum atomic E-state index is 11.2. The molecule has 2 aromatic carbocycles. The smallest absolute Gasteiger partial charge is 0.335 e. The van der Waals surface area contributed by atoms with E-state index in [1.165, 1.54) is 61.9 Å². The highest BCUT2D eigenvalue weighted by Gasteiger charge is 2.31. The van der Waals surface area contributed by atoms with E-state index in [0.717, 1.165) is 29.1 Å². The summed E-state index contributed by atoms with van der Waals surface area (Å²) in [6.07, 6.45) is 15.4. The van der Waals surface area contributed by atoms with E-state index in [1.807, 2.05) is 24.3 Å². The number of carboxylic acids is 1. The van der Waals surface area contributed by atoms with Gasteiger partial charge in [0.1, 0.15) is 0 Å². The molecule has 3 aromatic rings. The van der Waals surface area contributed by atoms with E-state index in [-0.39, 0.29) is 5.92 Å². The zero-order valence-corrected chi connectivity index (χ0v) is 20.2. The Labute approximate surface area is 206 Å². The number of benzene rings is 2. The van der Waals surface area contributed by atoms with Crippen LogP contribution in [0.1, 0.15) is 83.7 Å². The van der Waals surface area contributed by atoms with Gasteiger partial charge in [-0.05, 0) is 92.0 Å². The van der Waals surface area contributed by atoms with Crippen LogP contribution in [0.2, 0.25) is 5.02 Å². The molecule has 1 unspecified atom stereocenters. The number of hydrogen-bond acceptors (Lipinski definition) is 2. The average molecular weight is 475 g/mol. The molecule has 5 rings (SSSR count). The molecule has 0 bridgehead atoms. The third-order valence-corrected chi connectivity index (χ3v) is 7.65. The van der Waals surface area contributed by atoms with Gasteiger partial charge in [0, 0.05) is 10.9 Å². The Balaban J connectivity index is 1.58. The summed E-state index contributed by atoms with van der Waals surface area (Å²) in [7, 11) is 0. The maximum Gasteiger partial charge on any atom is 0.335 e. The normalized spacial score (nSPS) is 17.6. The van der Waals surface area contributed by atoms with E-state index in [0.29, 0.717) is 11.5 Å². The predicted octanol–water partition coefficient (Wildman–Crippen LogP) is 7.48. The van der Waals surface area contributed by atoms with Gasteiger partial charge in [0.15, 0.2) is 0 Å². The lowest BCUT2D eigenvalue weighted by molar-refractivity contribution is 0.0697. The lowest BCUT2D eigenvalue weighted by Gasteiger charge is -2.30. The van der Waals surface area contributed by atoms with Gasteiger partial charge in [-0.1, -0.05) is 55.1 Å². The van der Waals surface area contributed by atoms with Crippen LogP contribution in [0, 0.1) is 5.92 Å². The number of carboxylic acid groups (broad SMARTS) is 1. The van der Waals surface area contributed by atoms with Crippen molar-refractivity contribution in [2.24, 2.45) is 5.92 Å². The monoisotopic (exact) mass is 474 g/mol. The highest BCUT2D eigenvalue weighted by atomic mass is 35.5. The molecule has 176 valence electrons. The van der Waals surface area contributed by atoms with Crippen LogP contribution in [0.5, 0.6) is 0 Å². The number of aryl methyl sites for hydroxylation is 1. The predicted molar refractivity (Wildman–Crippen MR) is 137 cm³/mol. The van der Waals surface area contributed by atoms with Crippen LogP contribution in [0.3, 0.4) is 0 Å². The number of aromatic carboxylic acids is 1. The maximum absolute atomic E-state index is 11.2. The van der Waals surface area contributed by atoms with E-state index in [1.54, 1.807) is 12.1 Å². The molecular formula is C29H31ClN2O2. The van der Waals surface area contributed by atoms with Gasteiger partial charge in [-0.3, -0.25) is 0 Å². The van der Waals surface area contributed by atoms with E-state index < -0.39 is 5.97 Å². The fraction of sp³-hybridized carbons (Fsp3) is 0.379. The first-order valence-electron chi connectivity index (χ1n) is 12.5. The van der Waals surface area contributed by atoms with Gasteiger partial charge in [-0.2, -0.15) is 5.10 Å². The summed E-state index contributed by atoms with van der Waals surface area (Å²) in [4.78, 5) is 11.2. The quantitative estimate of drug-likeness (QED) is 0.402. The van der Waals surface area contributed by atoms with Crippen molar-refractivity contribution in [1.82, 2.24) is 9.78 Å². The van der Waals surface area contributed by atoms with Crippen molar-refractivity contribution in [3.8, 4) is 5.69 Å². The Kier molecular flexibility index (Phi) is 6.87. The van der Waals surface area contributed by atoms with Crippen molar-refractivity contribution in [1.29, 1.82) is 0 Å². The van der Waals surface area contributed by atoms with Crippen molar-refractivity contribution in [3.63, 3.8) is 0 Å². The lowest BCUT2D eigenvalue weighted by atomic mass is 9.76. The molecule has 1 aromatic heterocycles. The summed E-state index contributed by atoms with van der Waals surface area (Å²) in [6, 6.07) is 15.2. The minimum absolute atomic E-state index is 0.268. The molecule has 34 heavy (non-hydrogen) atoms. The first-order valence-corrected chi connectivity index (χ1v) is 12.9. The number of hydrogen-bond donors (Lipinski definition) is 1. The molecule has 1 N–H and O–H groups in total. The molecule has 2 aliphatic carbocycles. The fourth-order valence-corrected chi connectivity index (χ4v) is 5.74. The van der Waals surface area contributed by atoms with Crippen LogP contribution in [-0.2, 0) is 12.8 Å². The number of allylic oxidation sites excluding steroid dienone is 1. The van der Waals surface area contributed by atoms with Crippen molar-refractivity contribution >= 4 is 23.6 Å². The summed E-state index contributed by atoms with van der Waals surface area (Å²) in [5.41, 5.74) is 6.42. The molecular weight excluding hydrogens is 444 g/mol. The minimum atomic E-state index is -0.894. The Morgan fingerprint density at radius 1 is 0.971 bits per heavy atom. The Bertz CT molecular complexity index is 1170. The van der Waals surface area contributed by atoms with E-state index in [4.69, 9.17) is 16.7 Å². The largest absolute Gasteiger partial charge is 0.478 e. The van der Waals surface area contributed by atoms with Crippen LogP contribution >= 0.6 is 11.6 Å². The van der Waals surface area contributed by atoms with Gasteiger partial charge in [0.2, 0.25) is 0 Å². The summed E-state index contributed by atoms with van der Waals surface area (Å²) < 4.78 is 2.18. The second-order valence-electron chi connectivity index (χ2n) is 9.62. The molecule has 0 spiro atoms. The zero-order chi connectivity index (χ0) is 23.5. The Hall–Kier alpha value is -2.85. The molecule has 0 radical (unpaired) electrons. The second kappa shape index (κ2) is 10.2. The molecule has 0 amide bonds. The van der Waals surface area contributed by atoms with Gasteiger partial charge in [-0.25, -0.2) is 9.48 Å². The van der Waals surface area contributed by atoms with Crippen LogP contribution in [0.15, 0.2) is 54.6 Å². The number of nitrogens with zero attached hydrogens (tertiary/aromatic N) is 2. The molecule has 4 nitrogen and oxygen atoms in total. The van der Waals surface area contributed by atoms with Crippen LogP contribution in [0.25, 0.3) is 11.8 Å². The second-order valence-corrected chi connectivity index (χ2v) is 10.1. The van der Waals surface area contributed by atoms with Gasteiger partial charge in [-0.15, -0.1) is 0 Å². The number of rotatable bonds is 6. The summed E-state index contributed by atoms with van der Waals surface area (Å²) in [6.45, 7) is 0. The van der Waals surface area contributed by atoms with Crippen molar-refractivity contribution < 1.29 is 9.90 Å². The highest BCUT2D eigenvalue weighted by molar-refractivity contribution is 6.30. The Morgan fingerprint density at radius 2 is 1.68 bits per heavy atom. The van der Waals surface area contributed by atoms with Crippen LogP contribution < -0.4 is 0 Å². The fourth-order valence-electron chi connectivity index (χ4n) is 5.62.